The molecule has 0 fully saturated rings. The summed E-state index contributed by atoms with van der Waals surface area (Å²) < 4.78 is 10.6. The zero-order valence-corrected chi connectivity index (χ0v) is 10.1. The minimum Gasteiger partial charge on any atom is -0.493 e. The van der Waals surface area contributed by atoms with Gasteiger partial charge in [-0.1, -0.05) is 13.3 Å². The van der Waals surface area contributed by atoms with Crippen molar-refractivity contribution in [1.29, 1.82) is 0 Å². The molecule has 0 saturated heterocycles. The van der Waals surface area contributed by atoms with Crippen molar-refractivity contribution in [2.75, 3.05) is 6.61 Å². The first kappa shape index (κ1) is 12.6. The van der Waals surface area contributed by atoms with Crippen molar-refractivity contribution < 1.29 is 14.3 Å². The van der Waals surface area contributed by atoms with Crippen molar-refractivity contribution in [3.05, 3.63) is 23.8 Å². The van der Waals surface area contributed by atoms with E-state index in [2.05, 4.69) is 6.92 Å². The number of ether oxygens (including phenoxy) is 2. The van der Waals surface area contributed by atoms with Crippen molar-refractivity contribution >= 4 is 5.97 Å². The number of hydrogen-bond donors (Lipinski definition) is 0. The van der Waals surface area contributed by atoms with Crippen molar-refractivity contribution in [3.8, 4) is 11.5 Å². The second-order valence-electron chi connectivity index (χ2n) is 3.72. The topological polar surface area (TPSA) is 35.5 Å². The van der Waals surface area contributed by atoms with Crippen molar-refractivity contribution in [1.82, 2.24) is 0 Å². The first-order valence-corrected chi connectivity index (χ1v) is 5.55. The molecule has 0 unspecified atom stereocenters. The van der Waals surface area contributed by atoms with Crippen LogP contribution in [0.1, 0.15) is 32.3 Å². The Hall–Kier alpha value is -1.51. The summed E-state index contributed by atoms with van der Waals surface area (Å²) in [6, 6.07) is 5.39. The molecule has 0 heterocycles. The number of rotatable bonds is 5. The molecule has 3 heteroatoms. The highest BCUT2D eigenvalue weighted by molar-refractivity contribution is 5.69. The average molecular weight is 222 g/mol. The van der Waals surface area contributed by atoms with Crippen LogP contribution >= 0.6 is 0 Å². The monoisotopic (exact) mass is 222 g/mol. The Labute approximate surface area is 96.4 Å². The third-order valence-corrected chi connectivity index (χ3v) is 2.16. The van der Waals surface area contributed by atoms with Crippen LogP contribution in [-0.4, -0.2) is 12.6 Å². The summed E-state index contributed by atoms with van der Waals surface area (Å²) in [7, 11) is 0. The lowest BCUT2D eigenvalue weighted by Gasteiger charge is -2.09. The smallest absolute Gasteiger partial charge is 0.308 e. The van der Waals surface area contributed by atoms with E-state index in [9.17, 15) is 4.79 Å². The predicted molar refractivity (Wildman–Crippen MR) is 62.9 cm³/mol. The zero-order valence-electron chi connectivity index (χ0n) is 10.1. The SMILES string of the molecule is CCCCOc1ccc(OC(C)=O)cc1C. The van der Waals surface area contributed by atoms with Gasteiger partial charge in [0, 0.05) is 6.92 Å². The molecule has 1 aromatic rings. The third-order valence-electron chi connectivity index (χ3n) is 2.16. The summed E-state index contributed by atoms with van der Waals surface area (Å²) in [6.45, 7) is 6.18. The molecule has 1 aromatic carbocycles. The van der Waals surface area contributed by atoms with Gasteiger partial charge < -0.3 is 9.47 Å². The van der Waals surface area contributed by atoms with E-state index in [4.69, 9.17) is 9.47 Å². The van der Waals surface area contributed by atoms with E-state index in [1.807, 2.05) is 19.1 Å². The first-order valence-electron chi connectivity index (χ1n) is 5.55. The molecular formula is C13H18O3. The number of benzene rings is 1. The summed E-state index contributed by atoms with van der Waals surface area (Å²) in [5, 5.41) is 0. The first-order chi connectivity index (χ1) is 7.63. The second-order valence-corrected chi connectivity index (χ2v) is 3.72. The van der Waals surface area contributed by atoms with Crippen LogP contribution in [0.2, 0.25) is 0 Å². The Morgan fingerprint density at radius 2 is 2.12 bits per heavy atom. The molecule has 88 valence electrons. The van der Waals surface area contributed by atoms with E-state index in [1.165, 1.54) is 6.92 Å². The molecule has 0 amide bonds. The Bertz CT molecular complexity index is 358. The van der Waals surface area contributed by atoms with Gasteiger partial charge in [-0.05, 0) is 37.1 Å². The fourth-order valence-corrected chi connectivity index (χ4v) is 1.34. The molecule has 3 nitrogen and oxygen atoms in total. The fourth-order valence-electron chi connectivity index (χ4n) is 1.34. The Balaban J connectivity index is 2.64. The second kappa shape index (κ2) is 6.16. The third kappa shape index (κ3) is 3.93. The van der Waals surface area contributed by atoms with Gasteiger partial charge in [0.1, 0.15) is 11.5 Å². The lowest BCUT2D eigenvalue weighted by atomic mass is 10.2. The van der Waals surface area contributed by atoms with Crippen molar-refractivity contribution in [2.24, 2.45) is 0 Å². The summed E-state index contributed by atoms with van der Waals surface area (Å²) in [6.07, 6.45) is 2.16. The Morgan fingerprint density at radius 1 is 1.38 bits per heavy atom. The molecule has 0 saturated carbocycles. The van der Waals surface area contributed by atoms with Gasteiger partial charge >= 0.3 is 5.97 Å². The van der Waals surface area contributed by atoms with Gasteiger partial charge in [-0.15, -0.1) is 0 Å². The Morgan fingerprint density at radius 3 is 2.69 bits per heavy atom. The molecule has 16 heavy (non-hydrogen) atoms. The quantitative estimate of drug-likeness (QED) is 0.436. The highest BCUT2D eigenvalue weighted by Gasteiger charge is 2.03. The number of unbranched alkanes of at least 4 members (excludes halogenated alkanes) is 1. The lowest BCUT2D eigenvalue weighted by Crippen LogP contribution is -2.02. The molecule has 0 radical (unpaired) electrons. The van der Waals surface area contributed by atoms with Crippen LogP contribution in [0, 0.1) is 6.92 Å². The average Bonchev–Trinajstić information content (AvgIpc) is 2.20. The maximum atomic E-state index is 10.8. The summed E-state index contributed by atoms with van der Waals surface area (Å²) >= 11 is 0. The molecule has 0 aliphatic carbocycles. The fraction of sp³-hybridized carbons (Fsp3) is 0.462. The number of hydrogen-bond acceptors (Lipinski definition) is 3. The van der Waals surface area contributed by atoms with Crippen molar-refractivity contribution in [2.45, 2.75) is 33.6 Å². The molecule has 0 atom stereocenters. The van der Waals surface area contributed by atoms with Crippen LogP contribution < -0.4 is 9.47 Å². The van der Waals surface area contributed by atoms with Gasteiger partial charge in [-0.3, -0.25) is 4.79 Å². The number of carbonyl (C=O) groups excluding carboxylic acids is 1. The highest BCUT2D eigenvalue weighted by Crippen LogP contribution is 2.23. The van der Waals surface area contributed by atoms with Gasteiger partial charge in [0.05, 0.1) is 6.61 Å². The maximum Gasteiger partial charge on any atom is 0.308 e. The van der Waals surface area contributed by atoms with Crippen LogP contribution in [0.3, 0.4) is 0 Å². The standard InChI is InChI=1S/C13H18O3/c1-4-5-8-15-13-7-6-12(9-10(13)2)16-11(3)14/h6-7,9H,4-5,8H2,1-3H3. The van der Waals surface area contributed by atoms with Crippen LogP contribution in [0.25, 0.3) is 0 Å². The highest BCUT2D eigenvalue weighted by atomic mass is 16.5. The van der Waals surface area contributed by atoms with E-state index < -0.39 is 0 Å². The molecule has 0 spiro atoms. The zero-order chi connectivity index (χ0) is 12.0. The molecule has 0 bridgehead atoms. The normalized spacial score (nSPS) is 9.94. The van der Waals surface area contributed by atoms with E-state index in [-0.39, 0.29) is 5.97 Å². The summed E-state index contributed by atoms with van der Waals surface area (Å²) in [5.74, 6) is 1.11. The summed E-state index contributed by atoms with van der Waals surface area (Å²) in [5.41, 5.74) is 0.981. The Kier molecular flexibility index (Phi) is 4.83. The van der Waals surface area contributed by atoms with Crippen LogP contribution in [0.15, 0.2) is 18.2 Å². The van der Waals surface area contributed by atoms with E-state index >= 15 is 0 Å². The van der Waals surface area contributed by atoms with Crippen LogP contribution in [0.5, 0.6) is 11.5 Å². The van der Waals surface area contributed by atoms with Crippen LogP contribution in [-0.2, 0) is 4.79 Å². The van der Waals surface area contributed by atoms with Crippen LogP contribution in [0.4, 0.5) is 0 Å². The molecular weight excluding hydrogens is 204 g/mol. The van der Waals surface area contributed by atoms with Gasteiger partial charge in [0.25, 0.3) is 0 Å². The lowest BCUT2D eigenvalue weighted by molar-refractivity contribution is -0.131. The van der Waals surface area contributed by atoms with Gasteiger partial charge in [-0.25, -0.2) is 0 Å². The minimum atomic E-state index is -0.306. The molecule has 0 N–H and O–H groups in total. The number of aryl methyl sites for hydroxylation is 1. The molecule has 1 rings (SSSR count). The summed E-state index contributed by atoms with van der Waals surface area (Å²) in [4.78, 5) is 10.8. The van der Waals surface area contributed by atoms with E-state index in [0.717, 1.165) is 30.8 Å². The van der Waals surface area contributed by atoms with E-state index in [1.54, 1.807) is 6.07 Å². The maximum absolute atomic E-state index is 10.8. The molecule has 0 aromatic heterocycles. The predicted octanol–water partition coefficient (Wildman–Crippen LogP) is 3.10. The van der Waals surface area contributed by atoms with Gasteiger partial charge in [-0.2, -0.15) is 0 Å². The number of carbonyl (C=O) groups is 1. The van der Waals surface area contributed by atoms with Gasteiger partial charge in [0.2, 0.25) is 0 Å². The van der Waals surface area contributed by atoms with Crippen molar-refractivity contribution in [3.63, 3.8) is 0 Å². The largest absolute Gasteiger partial charge is 0.493 e. The number of esters is 1. The van der Waals surface area contributed by atoms with E-state index in [0.29, 0.717) is 5.75 Å². The molecule has 0 aliphatic heterocycles. The minimum absolute atomic E-state index is 0.306. The molecule has 0 aliphatic rings. The van der Waals surface area contributed by atoms with Gasteiger partial charge in [0.15, 0.2) is 0 Å².